The minimum Gasteiger partial charge on any atom is -0.481 e. The number of carbonyl (C=O) groups excluding carboxylic acids is 1. The summed E-state index contributed by atoms with van der Waals surface area (Å²) in [6, 6.07) is -1.20. The van der Waals surface area contributed by atoms with Crippen molar-refractivity contribution in [2.45, 2.75) is 32.5 Å². The normalized spacial score (nSPS) is 22.9. The van der Waals surface area contributed by atoms with E-state index in [1.165, 1.54) is 11.8 Å². The maximum Gasteiger partial charge on any atom is 0.434 e. The molecule has 0 radical (unpaired) electrons. The van der Waals surface area contributed by atoms with Gasteiger partial charge in [-0.25, -0.2) is 9.78 Å². The van der Waals surface area contributed by atoms with Gasteiger partial charge in [0.25, 0.3) is 0 Å². The first-order valence-corrected chi connectivity index (χ1v) is 7.72. The van der Waals surface area contributed by atoms with Crippen molar-refractivity contribution in [3.05, 3.63) is 16.1 Å². The van der Waals surface area contributed by atoms with E-state index < -0.39 is 35.3 Å². The predicted octanol–water partition coefficient (Wildman–Crippen LogP) is 2.73. The Morgan fingerprint density at radius 1 is 1.52 bits per heavy atom. The molecule has 1 aromatic heterocycles. The van der Waals surface area contributed by atoms with Crippen molar-refractivity contribution in [1.82, 2.24) is 15.2 Å². The lowest BCUT2D eigenvalue weighted by molar-refractivity contribution is -0.147. The molecule has 1 saturated heterocycles. The van der Waals surface area contributed by atoms with E-state index in [9.17, 15) is 22.8 Å². The Balaban J connectivity index is 1.98. The Morgan fingerprint density at radius 2 is 2.17 bits per heavy atom. The molecule has 2 rings (SSSR count). The van der Waals surface area contributed by atoms with Crippen LogP contribution in [0.4, 0.5) is 18.0 Å². The second kappa shape index (κ2) is 5.99. The molecule has 0 saturated carbocycles. The first kappa shape index (κ1) is 17.5. The highest BCUT2D eigenvalue weighted by atomic mass is 32.1. The number of alkyl halides is 3. The monoisotopic (exact) mass is 351 g/mol. The molecule has 2 amide bonds. The maximum absolute atomic E-state index is 12.5. The highest BCUT2D eigenvalue weighted by molar-refractivity contribution is 7.09. The molecule has 2 atom stereocenters. The van der Waals surface area contributed by atoms with E-state index in [2.05, 4.69) is 10.3 Å². The lowest BCUT2D eigenvalue weighted by Gasteiger charge is -2.22. The molecular formula is C13H16F3N3O3S. The second-order valence-corrected chi connectivity index (χ2v) is 6.67. The number of nitrogens with one attached hydrogen (secondary N) is 1. The van der Waals surface area contributed by atoms with Crippen LogP contribution >= 0.6 is 11.3 Å². The molecular weight excluding hydrogens is 335 g/mol. The van der Waals surface area contributed by atoms with Crippen LogP contribution in [-0.2, 0) is 11.0 Å². The number of nitrogens with zero attached hydrogens (tertiary/aromatic N) is 2. The molecule has 0 aliphatic carbocycles. The molecule has 6 nitrogen and oxygen atoms in total. The van der Waals surface area contributed by atoms with Crippen molar-refractivity contribution in [3.8, 4) is 0 Å². The average molecular weight is 351 g/mol. The van der Waals surface area contributed by atoms with Crippen molar-refractivity contribution in [2.24, 2.45) is 5.41 Å². The Kier molecular flexibility index (Phi) is 4.56. The van der Waals surface area contributed by atoms with Crippen LogP contribution in [0.25, 0.3) is 0 Å². The highest BCUT2D eigenvalue weighted by Gasteiger charge is 2.42. The smallest absolute Gasteiger partial charge is 0.434 e. The lowest BCUT2D eigenvalue weighted by Crippen LogP contribution is -2.41. The molecule has 23 heavy (non-hydrogen) atoms. The van der Waals surface area contributed by atoms with Crippen LogP contribution in [-0.4, -0.2) is 40.1 Å². The summed E-state index contributed by atoms with van der Waals surface area (Å²) in [5, 5.41) is 12.7. The number of amides is 2. The average Bonchev–Trinajstić information content (AvgIpc) is 3.05. The third kappa shape index (κ3) is 3.74. The highest BCUT2D eigenvalue weighted by Crippen LogP contribution is 2.32. The van der Waals surface area contributed by atoms with E-state index >= 15 is 0 Å². The van der Waals surface area contributed by atoms with Crippen LogP contribution in [0.1, 0.15) is 37.0 Å². The van der Waals surface area contributed by atoms with Gasteiger partial charge in [0.15, 0.2) is 5.69 Å². The van der Waals surface area contributed by atoms with Gasteiger partial charge >= 0.3 is 18.2 Å². The van der Waals surface area contributed by atoms with Gasteiger partial charge in [0, 0.05) is 18.5 Å². The van der Waals surface area contributed by atoms with Gasteiger partial charge < -0.3 is 15.3 Å². The molecule has 10 heteroatoms. The molecule has 2 heterocycles. The summed E-state index contributed by atoms with van der Waals surface area (Å²) in [7, 11) is 0. The topological polar surface area (TPSA) is 82.5 Å². The van der Waals surface area contributed by atoms with E-state index in [0.717, 1.165) is 16.7 Å². The molecule has 1 aromatic rings. The van der Waals surface area contributed by atoms with Crippen LogP contribution in [0.3, 0.4) is 0 Å². The quantitative estimate of drug-likeness (QED) is 0.877. The summed E-state index contributed by atoms with van der Waals surface area (Å²) in [6.07, 6.45) is -4.18. The fraction of sp³-hybridized carbons (Fsp3) is 0.615. The zero-order valence-electron chi connectivity index (χ0n) is 12.5. The molecule has 2 N–H and O–H groups in total. The van der Waals surface area contributed by atoms with Gasteiger partial charge in [-0.05, 0) is 20.3 Å². The number of rotatable bonds is 3. The number of halogens is 3. The Hall–Kier alpha value is -1.84. The minimum atomic E-state index is -4.52. The zero-order chi connectivity index (χ0) is 17.4. The van der Waals surface area contributed by atoms with Crippen molar-refractivity contribution in [2.75, 3.05) is 13.1 Å². The van der Waals surface area contributed by atoms with E-state index in [0.29, 0.717) is 6.42 Å². The predicted molar refractivity (Wildman–Crippen MR) is 76.0 cm³/mol. The molecule has 1 aliphatic heterocycles. The standard InChI is InChI=1S/C13H16F3N3O3S/c1-7(9-18-8(5-23-9)13(14,15)16)17-11(22)19-4-3-12(2,6-19)10(20)21/h5,7H,3-4,6H2,1-2H3,(H,17,22)(H,20,21). The molecule has 1 aliphatic rings. The lowest BCUT2D eigenvalue weighted by atomic mass is 9.90. The summed E-state index contributed by atoms with van der Waals surface area (Å²) >= 11 is 0.815. The van der Waals surface area contributed by atoms with E-state index in [-0.39, 0.29) is 18.1 Å². The second-order valence-electron chi connectivity index (χ2n) is 5.78. The van der Waals surface area contributed by atoms with Crippen molar-refractivity contribution < 1.29 is 27.9 Å². The number of aromatic nitrogens is 1. The van der Waals surface area contributed by atoms with E-state index in [1.54, 1.807) is 6.92 Å². The minimum absolute atomic E-state index is 0.0621. The molecule has 0 spiro atoms. The van der Waals surface area contributed by atoms with Gasteiger partial charge in [-0.3, -0.25) is 4.79 Å². The molecule has 0 bridgehead atoms. The fourth-order valence-corrected chi connectivity index (χ4v) is 3.10. The van der Waals surface area contributed by atoms with Crippen LogP contribution in [0.15, 0.2) is 5.38 Å². The largest absolute Gasteiger partial charge is 0.481 e. The first-order valence-electron chi connectivity index (χ1n) is 6.84. The summed E-state index contributed by atoms with van der Waals surface area (Å²) < 4.78 is 37.6. The molecule has 2 unspecified atom stereocenters. The van der Waals surface area contributed by atoms with Crippen LogP contribution < -0.4 is 5.32 Å². The Morgan fingerprint density at radius 3 is 2.65 bits per heavy atom. The number of hydrogen-bond donors (Lipinski definition) is 2. The van der Waals surface area contributed by atoms with Crippen LogP contribution in [0.5, 0.6) is 0 Å². The van der Waals surface area contributed by atoms with Gasteiger partial charge in [-0.1, -0.05) is 0 Å². The third-order valence-corrected chi connectivity index (χ3v) is 4.83. The number of carbonyl (C=O) groups is 2. The van der Waals surface area contributed by atoms with E-state index in [1.807, 2.05) is 0 Å². The summed E-state index contributed by atoms with van der Waals surface area (Å²) in [4.78, 5) is 28.1. The number of thiazole rings is 1. The van der Waals surface area contributed by atoms with Crippen molar-refractivity contribution >= 4 is 23.3 Å². The molecule has 1 fully saturated rings. The van der Waals surface area contributed by atoms with Gasteiger partial charge in [0.2, 0.25) is 0 Å². The summed E-state index contributed by atoms with van der Waals surface area (Å²) in [5.41, 5.74) is -1.98. The number of carboxylic acid groups (broad SMARTS) is 1. The van der Waals surface area contributed by atoms with Crippen molar-refractivity contribution in [3.63, 3.8) is 0 Å². The van der Waals surface area contributed by atoms with Crippen LogP contribution in [0.2, 0.25) is 0 Å². The van der Waals surface area contributed by atoms with Gasteiger partial charge in [-0.2, -0.15) is 13.2 Å². The Labute approximate surface area is 134 Å². The fourth-order valence-electron chi connectivity index (χ4n) is 2.26. The van der Waals surface area contributed by atoms with E-state index in [4.69, 9.17) is 5.11 Å². The zero-order valence-corrected chi connectivity index (χ0v) is 13.3. The SMILES string of the molecule is CC(NC(=O)N1CCC(C)(C(=O)O)C1)c1nc(C(F)(F)F)cs1. The number of likely N-dealkylation sites (tertiary alicyclic amines) is 1. The van der Waals surface area contributed by atoms with Gasteiger partial charge in [0.1, 0.15) is 5.01 Å². The summed E-state index contributed by atoms with van der Waals surface area (Å²) in [6.45, 7) is 3.44. The van der Waals surface area contributed by atoms with Crippen molar-refractivity contribution in [1.29, 1.82) is 0 Å². The number of aliphatic carboxylic acids is 1. The molecule has 0 aromatic carbocycles. The van der Waals surface area contributed by atoms with Gasteiger partial charge in [-0.15, -0.1) is 11.3 Å². The number of hydrogen-bond acceptors (Lipinski definition) is 4. The third-order valence-electron chi connectivity index (χ3n) is 3.80. The Bertz CT molecular complexity index is 619. The number of urea groups is 1. The van der Waals surface area contributed by atoms with Crippen LogP contribution in [0, 0.1) is 5.41 Å². The first-order chi connectivity index (χ1) is 10.5. The number of carboxylic acids is 1. The molecule has 128 valence electrons. The maximum atomic E-state index is 12.5. The van der Waals surface area contributed by atoms with Gasteiger partial charge in [0.05, 0.1) is 11.5 Å². The summed E-state index contributed by atoms with van der Waals surface area (Å²) in [5.74, 6) is -0.976.